The SMILES string of the molecule is CC.CC1(C)C(c2ccccc2)=Nc2cc3c4c(n(-c5ccc(C6=Cc7c8c(c9c(c7CC6)C=CCC9)CCC=C8)cc5)c3cc21)C=CCC4. The Morgan fingerprint density at radius 3 is 2.06 bits per heavy atom. The smallest absolute Gasteiger partial charge is 0.0682 e. The van der Waals surface area contributed by atoms with Crippen molar-refractivity contribution in [2.75, 3.05) is 0 Å². The summed E-state index contributed by atoms with van der Waals surface area (Å²) in [7, 11) is 0. The minimum absolute atomic E-state index is 0.173. The van der Waals surface area contributed by atoms with Crippen LogP contribution < -0.4 is 0 Å². The Morgan fingerprint density at radius 1 is 0.620 bits per heavy atom. The summed E-state index contributed by atoms with van der Waals surface area (Å²) in [6, 6.07) is 24.9. The number of fused-ring (bicyclic) bond motifs is 10. The first kappa shape index (κ1) is 31.1. The molecule has 50 heavy (non-hydrogen) atoms. The van der Waals surface area contributed by atoms with Crippen molar-refractivity contribution in [3.8, 4) is 5.69 Å². The summed E-state index contributed by atoms with van der Waals surface area (Å²) in [6.07, 6.45) is 25.9. The molecule has 2 nitrogen and oxygen atoms in total. The molecule has 4 aromatic carbocycles. The lowest BCUT2D eigenvalue weighted by molar-refractivity contribution is 0.738. The van der Waals surface area contributed by atoms with Crippen LogP contribution in [0.2, 0.25) is 0 Å². The second-order valence-corrected chi connectivity index (χ2v) is 14.8. The Morgan fingerprint density at radius 2 is 1.30 bits per heavy atom. The first-order chi connectivity index (χ1) is 24.6. The highest BCUT2D eigenvalue weighted by atomic mass is 15.0. The molecule has 0 unspecified atom stereocenters. The van der Waals surface area contributed by atoms with Gasteiger partial charge in [0, 0.05) is 22.2 Å². The van der Waals surface area contributed by atoms with E-state index in [1.54, 1.807) is 16.7 Å². The van der Waals surface area contributed by atoms with Crippen LogP contribution in [0.15, 0.2) is 90.0 Å². The van der Waals surface area contributed by atoms with Crippen molar-refractivity contribution in [3.63, 3.8) is 0 Å². The Kier molecular flexibility index (Phi) is 7.53. The van der Waals surface area contributed by atoms with E-state index in [2.05, 4.69) is 128 Å². The highest BCUT2D eigenvalue weighted by molar-refractivity contribution is 6.13. The van der Waals surface area contributed by atoms with Crippen LogP contribution in [0.4, 0.5) is 5.69 Å². The molecule has 0 spiro atoms. The molecule has 0 saturated carbocycles. The number of aromatic nitrogens is 1. The molecule has 248 valence electrons. The maximum absolute atomic E-state index is 5.26. The van der Waals surface area contributed by atoms with Gasteiger partial charge in [0.2, 0.25) is 0 Å². The van der Waals surface area contributed by atoms with Crippen molar-refractivity contribution in [2.45, 2.75) is 84.5 Å². The largest absolute Gasteiger partial charge is 0.310 e. The summed E-state index contributed by atoms with van der Waals surface area (Å²) in [5.41, 5.74) is 22.0. The third kappa shape index (κ3) is 4.72. The van der Waals surface area contributed by atoms with E-state index in [1.807, 2.05) is 13.8 Å². The van der Waals surface area contributed by atoms with Gasteiger partial charge < -0.3 is 4.57 Å². The van der Waals surface area contributed by atoms with E-state index in [1.165, 1.54) is 86.1 Å². The van der Waals surface area contributed by atoms with E-state index in [0.717, 1.165) is 43.5 Å². The van der Waals surface area contributed by atoms with Crippen LogP contribution in [0.5, 0.6) is 0 Å². The number of allylic oxidation sites excluding steroid dienone is 4. The summed E-state index contributed by atoms with van der Waals surface area (Å²) < 4.78 is 2.51. The molecule has 0 radical (unpaired) electrons. The van der Waals surface area contributed by atoms with Crippen LogP contribution in [0.1, 0.15) is 115 Å². The number of aryl methyl sites for hydroxylation is 1. The van der Waals surface area contributed by atoms with Crippen molar-refractivity contribution in [3.05, 3.63) is 146 Å². The van der Waals surface area contributed by atoms with Gasteiger partial charge in [-0.05, 0) is 143 Å². The Hall–Kier alpha value is -4.95. The maximum atomic E-state index is 5.26. The maximum Gasteiger partial charge on any atom is 0.0682 e. The number of hydrogen-bond donors (Lipinski definition) is 0. The van der Waals surface area contributed by atoms with E-state index >= 15 is 0 Å². The van der Waals surface area contributed by atoms with Crippen LogP contribution in [0.25, 0.3) is 46.5 Å². The predicted molar refractivity (Wildman–Crippen MR) is 215 cm³/mol. The zero-order valence-electron chi connectivity index (χ0n) is 29.9. The number of nitrogens with zero attached hydrogens (tertiary/aromatic N) is 2. The van der Waals surface area contributed by atoms with E-state index in [4.69, 9.17) is 4.99 Å². The van der Waals surface area contributed by atoms with Crippen LogP contribution in [0, 0.1) is 0 Å². The lowest BCUT2D eigenvalue weighted by Gasteiger charge is -2.29. The minimum atomic E-state index is -0.173. The number of rotatable bonds is 3. The minimum Gasteiger partial charge on any atom is -0.310 e. The van der Waals surface area contributed by atoms with Crippen LogP contribution in [-0.2, 0) is 31.1 Å². The van der Waals surface area contributed by atoms with E-state index < -0.39 is 0 Å². The second kappa shape index (κ2) is 12.1. The summed E-state index contributed by atoms with van der Waals surface area (Å²) >= 11 is 0. The van der Waals surface area contributed by atoms with Crippen LogP contribution in [0.3, 0.4) is 0 Å². The molecular weight excluding hydrogens is 605 g/mol. The second-order valence-electron chi connectivity index (χ2n) is 14.8. The van der Waals surface area contributed by atoms with Gasteiger partial charge in [-0.15, -0.1) is 0 Å². The van der Waals surface area contributed by atoms with Gasteiger partial charge in [-0.3, -0.25) is 4.99 Å². The lowest BCUT2D eigenvalue weighted by atomic mass is 9.75. The topological polar surface area (TPSA) is 17.3 Å². The molecule has 2 heterocycles. The normalized spacial score (nSPS) is 17.5. The summed E-state index contributed by atoms with van der Waals surface area (Å²) in [4.78, 5) is 5.26. The average Bonchev–Trinajstić information content (AvgIpc) is 3.65. The molecule has 1 aliphatic heterocycles. The first-order valence-corrected chi connectivity index (χ1v) is 18.9. The number of benzene rings is 4. The number of hydrogen-bond acceptors (Lipinski definition) is 1. The molecule has 5 aliphatic rings. The fraction of sp³-hybridized carbons (Fsp3) is 0.271. The quantitative estimate of drug-likeness (QED) is 0.185. The average molecular weight is 651 g/mol. The molecule has 0 atom stereocenters. The fourth-order valence-corrected chi connectivity index (χ4v) is 9.34. The molecule has 2 heteroatoms. The zero-order valence-corrected chi connectivity index (χ0v) is 29.9. The van der Waals surface area contributed by atoms with Gasteiger partial charge in [0.1, 0.15) is 0 Å². The standard InChI is InChI=1S/C46H40N2.C2H6/c1-46(2)41-28-44-40(27-42(41)47-45(46)30-12-4-3-5-13-30)38-18-10-11-19-43(38)48(44)32-23-20-29(21-24-32)31-22-25-37-35-16-7-6-14-33(35)34-15-8-9-17-36(34)39(37)26-31;1-2/h3-5,7,9,11-13,16-17,19-21,23-24,26-28H,6,8,10,14-15,18,22,25H2,1-2H3;1-2H3. The van der Waals surface area contributed by atoms with Crippen molar-refractivity contribution < 1.29 is 0 Å². The molecule has 5 aromatic rings. The monoisotopic (exact) mass is 650 g/mol. The fourth-order valence-electron chi connectivity index (χ4n) is 9.34. The van der Waals surface area contributed by atoms with Crippen molar-refractivity contribution >= 4 is 52.2 Å². The van der Waals surface area contributed by atoms with Gasteiger partial charge in [-0.2, -0.15) is 0 Å². The van der Waals surface area contributed by atoms with Gasteiger partial charge in [-0.25, -0.2) is 0 Å². The number of aliphatic imine (C=N–C) groups is 1. The molecule has 10 rings (SSSR count). The highest BCUT2D eigenvalue weighted by Gasteiger charge is 2.37. The van der Waals surface area contributed by atoms with Crippen molar-refractivity contribution in [1.29, 1.82) is 0 Å². The summed E-state index contributed by atoms with van der Waals surface area (Å²) in [5.74, 6) is 0. The van der Waals surface area contributed by atoms with Gasteiger partial charge in [0.25, 0.3) is 0 Å². The van der Waals surface area contributed by atoms with E-state index in [-0.39, 0.29) is 5.41 Å². The van der Waals surface area contributed by atoms with Crippen molar-refractivity contribution in [2.24, 2.45) is 4.99 Å². The Bertz CT molecular complexity index is 2330. The third-order valence-electron chi connectivity index (χ3n) is 11.7. The molecule has 1 aromatic heterocycles. The molecule has 0 N–H and O–H groups in total. The summed E-state index contributed by atoms with van der Waals surface area (Å²) in [5, 5.41) is 1.34. The highest BCUT2D eigenvalue weighted by Crippen LogP contribution is 2.47. The van der Waals surface area contributed by atoms with Crippen LogP contribution >= 0.6 is 0 Å². The van der Waals surface area contributed by atoms with Gasteiger partial charge in [0.05, 0.1) is 16.9 Å². The molecule has 0 saturated heterocycles. The molecule has 4 aliphatic carbocycles. The predicted octanol–water partition coefficient (Wildman–Crippen LogP) is 12.4. The van der Waals surface area contributed by atoms with Crippen LogP contribution in [-0.4, -0.2) is 10.3 Å². The molecule has 0 bridgehead atoms. The van der Waals surface area contributed by atoms with Gasteiger partial charge in [0.15, 0.2) is 0 Å². The van der Waals surface area contributed by atoms with Gasteiger partial charge in [-0.1, -0.05) is 107 Å². The van der Waals surface area contributed by atoms with Gasteiger partial charge >= 0.3 is 0 Å². The van der Waals surface area contributed by atoms with E-state index in [0.29, 0.717) is 0 Å². The molecule has 0 amide bonds. The first-order valence-electron chi connectivity index (χ1n) is 18.9. The Labute approximate surface area is 297 Å². The zero-order chi connectivity index (χ0) is 34.0. The van der Waals surface area contributed by atoms with Crippen molar-refractivity contribution in [1.82, 2.24) is 4.57 Å². The lowest BCUT2D eigenvalue weighted by Crippen LogP contribution is -2.26. The Balaban J connectivity index is 0.00000165. The van der Waals surface area contributed by atoms with E-state index in [9.17, 15) is 0 Å². The summed E-state index contributed by atoms with van der Waals surface area (Å²) in [6.45, 7) is 8.65. The molecule has 0 fully saturated rings. The third-order valence-corrected chi connectivity index (χ3v) is 11.7. The molecular formula is C48H46N2.